The van der Waals surface area contributed by atoms with E-state index in [1.54, 1.807) is 0 Å². The molecule has 0 aliphatic carbocycles. The Morgan fingerprint density at radius 1 is 1.25 bits per heavy atom. The van der Waals surface area contributed by atoms with Gasteiger partial charge in [-0.3, -0.25) is 19.3 Å². The maximum absolute atomic E-state index is 12.4. The van der Waals surface area contributed by atoms with Gasteiger partial charge in [-0.05, 0) is 47.9 Å². The largest absolute Gasteiger partial charge is 0.435 e. The first kappa shape index (κ1) is 21.9. The fourth-order valence-corrected chi connectivity index (χ4v) is 3.27. The first-order chi connectivity index (χ1) is 13.3. The van der Waals surface area contributed by atoms with Crippen molar-refractivity contribution in [2.75, 3.05) is 13.1 Å². The Labute approximate surface area is 166 Å². The Morgan fingerprint density at radius 2 is 1.93 bits per heavy atom. The van der Waals surface area contributed by atoms with Gasteiger partial charge in [-0.15, -0.1) is 0 Å². The molecule has 1 saturated heterocycles. The standard InChI is InChI=1S/C19H22F2N2O4S/c1-12(2)3-8-16(24)22-9-10-23-17(25)15(28-19(23)26)11-13-4-6-14(7-5-13)27-18(20)21/h4-7,11-12,18H,3,8-10H2,1-2H3,(H,22,24)/b15-11+. The number of imide groups is 1. The molecule has 0 radical (unpaired) electrons. The number of carbonyl (C=O) groups excluding carboxylic acids is 3. The number of alkyl halides is 2. The Hall–Kier alpha value is -2.42. The van der Waals surface area contributed by atoms with Crippen LogP contribution in [0.1, 0.15) is 32.3 Å². The predicted octanol–water partition coefficient (Wildman–Crippen LogP) is 3.88. The smallest absolute Gasteiger partial charge is 0.387 e. The number of hydrogen-bond donors (Lipinski definition) is 1. The number of benzene rings is 1. The van der Waals surface area contributed by atoms with E-state index >= 15 is 0 Å². The van der Waals surface area contributed by atoms with Crippen LogP contribution in [0.25, 0.3) is 6.08 Å². The molecule has 1 aromatic carbocycles. The molecule has 0 atom stereocenters. The number of rotatable bonds is 9. The highest BCUT2D eigenvalue weighted by Gasteiger charge is 2.34. The van der Waals surface area contributed by atoms with Crippen molar-refractivity contribution in [3.05, 3.63) is 34.7 Å². The summed E-state index contributed by atoms with van der Waals surface area (Å²) in [6.45, 7) is 1.44. The molecule has 1 aliphatic rings. The van der Waals surface area contributed by atoms with Gasteiger partial charge in [0.1, 0.15) is 5.75 Å². The minimum absolute atomic E-state index is 0.00784. The highest BCUT2D eigenvalue weighted by molar-refractivity contribution is 8.18. The molecule has 1 N–H and O–H groups in total. The minimum Gasteiger partial charge on any atom is -0.435 e. The van der Waals surface area contributed by atoms with Crippen molar-refractivity contribution >= 4 is 34.9 Å². The molecular formula is C19H22F2N2O4S. The van der Waals surface area contributed by atoms with Crippen LogP contribution in [0.2, 0.25) is 0 Å². The lowest BCUT2D eigenvalue weighted by atomic mass is 10.1. The molecule has 152 valence electrons. The molecule has 9 heteroatoms. The van der Waals surface area contributed by atoms with E-state index < -0.39 is 17.8 Å². The molecule has 1 fully saturated rings. The van der Waals surface area contributed by atoms with Crippen molar-refractivity contribution in [2.45, 2.75) is 33.3 Å². The van der Waals surface area contributed by atoms with Gasteiger partial charge in [0.25, 0.3) is 11.1 Å². The Balaban J connectivity index is 1.90. The van der Waals surface area contributed by atoms with E-state index in [4.69, 9.17) is 0 Å². The summed E-state index contributed by atoms with van der Waals surface area (Å²) in [4.78, 5) is 37.5. The molecule has 1 aliphatic heterocycles. The summed E-state index contributed by atoms with van der Waals surface area (Å²) >= 11 is 0.799. The second-order valence-corrected chi connectivity index (χ2v) is 7.56. The van der Waals surface area contributed by atoms with Gasteiger partial charge in [0.15, 0.2) is 0 Å². The number of ether oxygens (including phenoxy) is 1. The van der Waals surface area contributed by atoms with Gasteiger partial charge < -0.3 is 10.1 Å². The lowest BCUT2D eigenvalue weighted by molar-refractivity contribution is -0.124. The van der Waals surface area contributed by atoms with Gasteiger partial charge in [0.05, 0.1) is 4.91 Å². The number of amides is 3. The molecule has 0 saturated carbocycles. The zero-order valence-electron chi connectivity index (χ0n) is 15.6. The number of carbonyl (C=O) groups is 3. The molecule has 28 heavy (non-hydrogen) atoms. The van der Waals surface area contributed by atoms with Gasteiger partial charge in [0, 0.05) is 19.5 Å². The van der Waals surface area contributed by atoms with Crippen LogP contribution < -0.4 is 10.1 Å². The third kappa shape index (κ3) is 6.63. The van der Waals surface area contributed by atoms with E-state index in [1.807, 2.05) is 13.8 Å². The number of hydrogen-bond acceptors (Lipinski definition) is 5. The molecule has 3 amide bonds. The Bertz CT molecular complexity index is 751. The molecule has 0 unspecified atom stereocenters. The van der Waals surface area contributed by atoms with E-state index in [0.29, 0.717) is 17.9 Å². The Morgan fingerprint density at radius 3 is 2.54 bits per heavy atom. The second kappa shape index (κ2) is 10.2. The van der Waals surface area contributed by atoms with Gasteiger partial charge >= 0.3 is 6.61 Å². The van der Waals surface area contributed by atoms with Gasteiger partial charge in [-0.2, -0.15) is 8.78 Å². The van der Waals surface area contributed by atoms with Crippen LogP contribution in [-0.2, 0) is 9.59 Å². The molecule has 1 aromatic rings. The number of nitrogens with one attached hydrogen (secondary N) is 1. The van der Waals surface area contributed by atoms with Crippen LogP contribution in [-0.4, -0.2) is 41.7 Å². The molecule has 0 aromatic heterocycles. The topological polar surface area (TPSA) is 75.7 Å². The number of halogens is 2. The summed E-state index contributed by atoms with van der Waals surface area (Å²) in [6, 6.07) is 5.74. The summed E-state index contributed by atoms with van der Waals surface area (Å²) < 4.78 is 28.6. The van der Waals surface area contributed by atoms with Crippen molar-refractivity contribution < 1.29 is 27.9 Å². The summed E-state index contributed by atoms with van der Waals surface area (Å²) in [5.41, 5.74) is 0.578. The zero-order chi connectivity index (χ0) is 20.7. The van der Waals surface area contributed by atoms with E-state index in [9.17, 15) is 23.2 Å². The highest BCUT2D eigenvalue weighted by Crippen LogP contribution is 2.32. The van der Waals surface area contributed by atoms with Crippen molar-refractivity contribution in [2.24, 2.45) is 5.92 Å². The monoisotopic (exact) mass is 412 g/mol. The van der Waals surface area contributed by atoms with Crippen LogP contribution >= 0.6 is 11.8 Å². The van der Waals surface area contributed by atoms with Gasteiger partial charge in [0.2, 0.25) is 5.91 Å². The van der Waals surface area contributed by atoms with Crippen LogP contribution in [0.15, 0.2) is 29.2 Å². The third-order valence-electron chi connectivity index (χ3n) is 3.88. The van der Waals surface area contributed by atoms with Crippen molar-refractivity contribution in [3.63, 3.8) is 0 Å². The first-order valence-electron chi connectivity index (χ1n) is 8.83. The van der Waals surface area contributed by atoms with Gasteiger partial charge in [-0.25, -0.2) is 0 Å². The lowest BCUT2D eigenvalue weighted by Gasteiger charge is -2.13. The average molecular weight is 412 g/mol. The van der Waals surface area contributed by atoms with Gasteiger partial charge in [-0.1, -0.05) is 26.0 Å². The van der Waals surface area contributed by atoms with Crippen molar-refractivity contribution in [1.82, 2.24) is 10.2 Å². The molecule has 0 spiro atoms. The highest BCUT2D eigenvalue weighted by atomic mass is 32.2. The van der Waals surface area contributed by atoms with Crippen LogP contribution in [0.4, 0.5) is 13.6 Å². The molecule has 0 bridgehead atoms. The summed E-state index contributed by atoms with van der Waals surface area (Å²) in [7, 11) is 0. The van der Waals surface area contributed by atoms with E-state index in [-0.39, 0.29) is 29.7 Å². The molecule has 1 heterocycles. The van der Waals surface area contributed by atoms with E-state index in [1.165, 1.54) is 30.3 Å². The normalized spacial score (nSPS) is 15.8. The Kier molecular flexibility index (Phi) is 7.98. The summed E-state index contributed by atoms with van der Waals surface area (Å²) in [5, 5.41) is 2.29. The lowest BCUT2D eigenvalue weighted by Crippen LogP contribution is -2.37. The first-order valence-corrected chi connectivity index (χ1v) is 9.65. The number of thioether (sulfide) groups is 1. The van der Waals surface area contributed by atoms with Crippen LogP contribution in [0.5, 0.6) is 5.75 Å². The predicted molar refractivity (Wildman–Crippen MR) is 103 cm³/mol. The van der Waals surface area contributed by atoms with Crippen LogP contribution in [0, 0.1) is 5.92 Å². The maximum Gasteiger partial charge on any atom is 0.387 e. The minimum atomic E-state index is -2.91. The summed E-state index contributed by atoms with van der Waals surface area (Å²) in [5.74, 6) is -0.122. The van der Waals surface area contributed by atoms with E-state index in [2.05, 4.69) is 10.1 Å². The summed E-state index contributed by atoms with van der Waals surface area (Å²) in [6.07, 6.45) is 2.69. The zero-order valence-corrected chi connectivity index (χ0v) is 16.4. The average Bonchev–Trinajstić information content (AvgIpc) is 2.88. The maximum atomic E-state index is 12.4. The molecule has 6 nitrogen and oxygen atoms in total. The van der Waals surface area contributed by atoms with E-state index in [0.717, 1.165) is 23.1 Å². The third-order valence-corrected chi connectivity index (χ3v) is 4.79. The number of nitrogens with zero attached hydrogens (tertiary/aromatic N) is 1. The fraction of sp³-hybridized carbons (Fsp3) is 0.421. The molecule has 2 rings (SSSR count). The fourth-order valence-electron chi connectivity index (χ4n) is 2.40. The molecular weight excluding hydrogens is 390 g/mol. The van der Waals surface area contributed by atoms with Crippen molar-refractivity contribution in [3.8, 4) is 5.75 Å². The quantitative estimate of drug-likeness (QED) is 0.623. The van der Waals surface area contributed by atoms with Crippen LogP contribution in [0.3, 0.4) is 0 Å². The van der Waals surface area contributed by atoms with Crippen molar-refractivity contribution in [1.29, 1.82) is 0 Å². The second-order valence-electron chi connectivity index (χ2n) is 6.56. The SMILES string of the molecule is CC(C)CCC(=O)NCCN1C(=O)S/C(=C/c2ccc(OC(F)F)cc2)C1=O.